The molecule has 4 rings (SSSR count). The summed E-state index contributed by atoms with van der Waals surface area (Å²) in [6.45, 7) is 0. The summed E-state index contributed by atoms with van der Waals surface area (Å²) in [5, 5.41) is 4.21. The Morgan fingerprint density at radius 2 is 1.27 bits per heavy atom. The Morgan fingerprint density at radius 3 is 1.81 bits per heavy atom. The monoisotopic (exact) mass is 358 g/mol. The summed E-state index contributed by atoms with van der Waals surface area (Å²) in [5.41, 5.74) is 1.11. The highest BCUT2D eigenvalue weighted by Crippen LogP contribution is 2.27. The summed E-state index contributed by atoms with van der Waals surface area (Å²) in [6, 6.07) is 30.3. The SMILES string of the molecule is O=C1CCCC(c2ccc([SiH](c3ccccc3)c3ccccc3)cc2)O1. The van der Waals surface area contributed by atoms with Gasteiger partial charge in [0.25, 0.3) is 0 Å². The van der Waals surface area contributed by atoms with Gasteiger partial charge in [0.2, 0.25) is 0 Å². The highest BCUT2D eigenvalue weighted by Gasteiger charge is 2.23. The number of rotatable bonds is 4. The third-order valence-corrected chi connectivity index (χ3v) is 8.18. The molecule has 3 heteroatoms. The van der Waals surface area contributed by atoms with Crippen molar-refractivity contribution in [3.63, 3.8) is 0 Å². The molecule has 1 atom stereocenters. The number of carbonyl (C=O) groups is 1. The van der Waals surface area contributed by atoms with Gasteiger partial charge in [-0.3, -0.25) is 4.79 Å². The average molecular weight is 359 g/mol. The largest absolute Gasteiger partial charge is 0.457 e. The summed E-state index contributed by atoms with van der Waals surface area (Å²) in [4.78, 5) is 11.6. The molecule has 3 aromatic rings. The minimum absolute atomic E-state index is 0.0776. The van der Waals surface area contributed by atoms with Gasteiger partial charge in [-0.1, -0.05) is 100 Å². The fourth-order valence-electron chi connectivity index (χ4n) is 3.71. The van der Waals surface area contributed by atoms with Gasteiger partial charge in [-0.25, -0.2) is 0 Å². The van der Waals surface area contributed by atoms with E-state index in [2.05, 4.69) is 84.9 Å². The molecule has 0 aromatic heterocycles. The van der Waals surface area contributed by atoms with Crippen molar-refractivity contribution >= 4 is 30.3 Å². The van der Waals surface area contributed by atoms with Crippen LogP contribution < -0.4 is 15.6 Å². The quantitative estimate of drug-likeness (QED) is 0.407. The first kappa shape index (κ1) is 16.8. The summed E-state index contributed by atoms with van der Waals surface area (Å²) in [6.07, 6.45) is 2.30. The number of cyclic esters (lactones) is 1. The topological polar surface area (TPSA) is 26.3 Å². The van der Waals surface area contributed by atoms with Crippen molar-refractivity contribution in [2.45, 2.75) is 25.4 Å². The molecule has 2 nitrogen and oxygen atoms in total. The standard InChI is InChI=1S/C23H22O2Si/c24-23-13-7-12-22(25-23)18-14-16-21(17-15-18)26(19-8-3-1-4-9-19)20-10-5-2-6-11-20/h1-6,8-11,14-17,22,26H,7,12-13H2. The predicted octanol–water partition coefficient (Wildman–Crippen LogP) is 2.70. The lowest BCUT2D eigenvalue weighted by atomic mass is 10.0. The van der Waals surface area contributed by atoms with E-state index in [1.807, 2.05) is 0 Å². The van der Waals surface area contributed by atoms with Gasteiger partial charge in [-0.15, -0.1) is 0 Å². The van der Waals surface area contributed by atoms with Gasteiger partial charge >= 0.3 is 5.97 Å². The number of carbonyl (C=O) groups excluding carboxylic acids is 1. The second kappa shape index (κ2) is 7.71. The zero-order chi connectivity index (χ0) is 17.8. The lowest BCUT2D eigenvalue weighted by Crippen LogP contribution is -2.51. The van der Waals surface area contributed by atoms with Crippen LogP contribution in [0, 0.1) is 0 Å². The van der Waals surface area contributed by atoms with Crippen molar-refractivity contribution in [1.82, 2.24) is 0 Å². The van der Waals surface area contributed by atoms with Crippen molar-refractivity contribution in [1.29, 1.82) is 0 Å². The zero-order valence-corrected chi connectivity index (χ0v) is 15.8. The minimum atomic E-state index is -1.49. The lowest BCUT2D eigenvalue weighted by Gasteiger charge is -2.23. The van der Waals surface area contributed by atoms with Crippen LogP contribution in [0.15, 0.2) is 84.9 Å². The van der Waals surface area contributed by atoms with Gasteiger partial charge in [-0.05, 0) is 18.4 Å². The van der Waals surface area contributed by atoms with Crippen molar-refractivity contribution in [2.75, 3.05) is 0 Å². The van der Waals surface area contributed by atoms with Gasteiger partial charge in [0.1, 0.15) is 14.9 Å². The Kier molecular flexibility index (Phi) is 4.98. The molecule has 0 saturated carbocycles. The third-order valence-electron chi connectivity index (χ3n) is 5.03. The van der Waals surface area contributed by atoms with E-state index < -0.39 is 8.80 Å². The van der Waals surface area contributed by atoms with Crippen molar-refractivity contribution in [3.8, 4) is 0 Å². The second-order valence-corrected chi connectivity index (χ2v) is 9.66. The molecule has 3 aromatic carbocycles. The molecule has 26 heavy (non-hydrogen) atoms. The average Bonchev–Trinajstić information content (AvgIpc) is 2.70. The van der Waals surface area contributed by atoms with Crippen LogP contribution in [0.2, 0.25) is 0 Å². The van der Waals surface area contributed by atoms with Crippen LogP contribution in [0.1, 0.15) is 30.9 Å². The molecule has 1 saturated heterocycles. The first-order chi connectivity index (χ1) is 12.8. The Labute approximate surface area is 156 Å². The summed E-state index contributed by atoms with van der Waals surface area (Å²) >= 11 is 0. The molecular weight excluding hydrogens is 336 g/mol. The fourth-order valence-corrected chi connectivity index (χ4v) is 6.66. The molecular formula is C23H22O2Si. The molecule has 1 unspecified atom stereocenters. The van der Waals surface area contributed by atoms with Gasteiger partial charge in [0, 0.05) is 6.42 Å². The van der Waals surface area contributed by atoms with Crippen LogP contribution >= 0.6 is 0 Å². The number of ether oxygens (including phenoxy) is 1. The molecule has 1 fully saturated rings. The van der Waals surface area contributed by atoms with Gasteiger partial charge in [0.05, 0.1) is 0 Å². The Hall–Kier alpha value is -2.65. The molecule has 0 radical (unpaired) electrons. The van der Waals surface area contributed by atoms with Crippen LogP contribution in [0.5, 0.6) is 0 Å². The maximum Gasteiger partial charge on any atom is 0.306 e. The van der Waals surface area contributed by atoms with E-state index in [4.69, 9.17) is 4.74 Å². The van der Waals surface area contributed by atoms with Crippen LogP contribution in [-0.4, -0.2) is 14.8 Å². The molecule has 1 heterocycles. The number of esters is 1. The molecule has 0 N–H and O–H groups in total. The van der Waals surface area contributed by atoms with E-state index in [0.717, 1.165) is 18.4 Å². The minimum Gasteiger partial charge on any atom is -0.457 e. The summed E-state index contributed by atoms with van der Waals surface area (Å²) in [7, 11) is -1.49. The number of benzene rings is 3. The van der Waals surface area contributed by atoms with Gasteiger partial charge < -0.3 is 4.74 Å². The van der Waals surface area contributed by atoms with E-state index >= 15 is 0 Å². The number of hydrogen-bond donors (Lipinski definition) is 0. The lowest BCUT2D eigenvalue weighted by molar-refractivity contribution is -0.154. The van der Waals surface area contributed by atoms with Gasteiger partial charge in [-0.2, -0.15) is 0 Å². The summed E-state index contributed by atoms with van der Waals surface area (Å²) in [5.74, 6) is -0.0776. The van der Waals surface area contributed by atoms with Gasteiger partial charge in [0.15, 0.2) is 0 Å². The maximum absolute atomic E-state index is 11.6. The Bertz CT molecular complexity index is 820. The van der Waals surface area contributed by atoms with Crippen LogP contribution in [0.4, 0.5) is 0 Å². The summed E-state index contributed by atoms with van der Waals surface area (Å²) < 4.78 is 5.51. The third kappa shape index (κ3) is 3.63. The van der Waals surface area contributed by atoms with Crippen molar-refractivity contribution in [3.05, 3.63) is 90.5 Å². The van der Waals surface area contributed by atoms with Crippen LogP contribution in [0.3, 0.4) is 0 Å². The first-order valence-electron chi connectivity index (χ1n) is 9.20. The highest BCUT2D eigenvalue weighted by molar-refractivity contribution is 6.95. The van der Waals surface area contributed by atoms with Crippen molar-refractivity contribution < 1.29 is 9.53 Å². The highest BCUT2D eigenvalue weighted by atomic mass is 28.3. The fraction of sp³-hybridized carbons (Fsp3) is 0.174. The zero-order valence-electron chi connectivity index (χ0n) is 14.7. The molecule has 0 spiro atoms. The molecule has 130 valence electrons. The smallest absolute Gasteiger partial charge is 0.306 e. The van der Waals surface area contributed by atoms with Crippen LogP contribution in [0.25, 0.3) is 0 Å². The molecule has 1 aliphatic rings. The maximum atomic E-state index is 11.6. The first-order valence-corrected chi connectivity index (χ1v) is 10.9. The molecule has 0 bridgehead atoms. The van der Waals surface area contributed by atoms with E-state index in [1.54, 1.807) is 0 Å². The number of hydrogen-bond acceptors (Lipinski definition) is 2. The van der Waals surface area contributed by atoms with Crippen molar-refractivity contribution in [2.24, 2.45) is 0 Å². The van der Waals surface area contributed by atoms with E-state index in [1.165, 1.54) is 15.6 Å². The van der Waals surface area contributed by atoms with E-state index in [9.17, 15) is 4.79 Å². The molecule has 1 aliphatic heterocycles. The molecule has 0 amide bonds. The van der Waals surface area contributed by atoms with E-state index in [-0.39, 0.29) is 12.1 Å². The Balaban J connectivity index is 1.67. The van der Waals surface area contributed by atoms with E-state index in [0.29, 0.717) is 6.42 Å². The van der Waals surface area contributed by atoms with Crippen LogP contribution in [-0.2, 0) is 9.53 Å². The second-order valence-electron chi connectivity index (χ2n) is 6.79. The molecule has 0 aliphatic carbocycles. The normalized spacial score (nSPS) is 17.1. The predicted molar refractivity (Wildman–Crippen MR) is 108 cm³/mol. The Morgan fingerprint density at radius 1 is 0.731 bits per heavy atom.